The van der Waals surface area contributed by atoms with Crippen LogP contribution >= 0.6 is 0 Å². The van der Waals surface area contributed by atoms with Crippen molar-refractivity contribution in [3.8, 4) is 6.07 Å². The van der Waals surface area contributed by atoms with Crippen molar-refractivity contribution in [2.45, 2.75) is 45.6 Å². The molecule has 3 atom stereocenters. The summed E-state index contributed by atoms with van der Waals surface area (Å²) in [6, 6.07) is 2.95. The Morgan fingerprint density at radius 3 is 2.65 bits per heavy atom. The van der Waals surface area contributed by atoms with Crippen molar-refractivity contribution >= 4 is 0 Å². The SMILES string of the molecule is CCC1CCC(C#N)C(N(CC)CCOC)C1. The Morgan fingerprint density at radius 2 is 2.12 bits per heavy atom. The van der Waals surface area contributed by atoms with Crippen LogP contribution in [0.2, 0.25) is 0 Å². The maximum atomic E-state index is 9.28. The average Bonchev–Trinajstić information content (AvgIpc) is 2.39. The van der Waals surface area contributed by atoms with Gasteiger partial charge in [0.25, 0.3) is 0 Å². The molecule has 0 aromatic rings. The molecule has 3 unspecified atom stereocenters. The number of rotatable bonds is 6. The second-order valence-corrected chi connectivity index (χ2v) is 5.01. The van der Waals surface area contributed by atoms with E-state index in [1.54, 1.807) is 7.11 Å². The quantitative estimate of drug-likeness (QED) is 0.714. The highest BCUT2D eigenvalue weighted by atomic mass is 16.5. The third-order valence-corrected chi connectivity index (χ3v) is 4.13. The molecule has 0 heterocycles. The van der Waals surface area contributed by atoms with Gasteiger partial charge in [-0.05, 0) is 31.7 Å². The van der Waals surface area contributed by atoms with Gasteiger partial charge in [-0.1, -0.05) is 20.3 Å². The maximum absolute atomic E-state index is 9.28. The van der Waals surface area contributed by atoms with Gasteiger partial charge in [0.1, 0.15) is 0 Å². The molecule has 0 radical (unpaired) electrons. The first kappa shape index (κ1) is 14.5. The number of hydrogen-bond acceptors (Lipinski definition) is 3. The van der Waals surface area contributed by atoms with Crippen molar-refractivity contribution in [3.63, 3.8) is 0 Å². The molecule has 0 bridgehead atoms. The number of methoxy groups -OCH3 is 1. The topological polar surface area (TPSA) is 36.3 Å². The molecule has 1 aliphatic rings. The average molecular weight is 238 g/mol. The monoisotopic (exact) mass is 238 g/mol. The Balaban J connectivity index is 2.63. The summed E-state index contributed by atoms with van der Waals surface area (Å²) in [7, 11) is 1.74. The second-order valence-electron chi connectivity index (χ2n) is 5.01. The van der Waals surface area contributed by atoms with Crippen molar-refractivity contribution in [2.24, 2.45) is 11.8 Å². The summed E-state index contributed by atoms with van der Waals surface area (Å²) in [6.07, 6.45) is 4.74. The fourth-order valence-electron chi connectivity index (χ4n) is 2.92. The standard InChI is InChI=1S/C14H26N2O/c1-4-12-6-7-13(11-15)14(10-12)16(5-2)8-9-17-3/h12-14H,4-10H2,1-3H3. The zero-order valence-electron chi connectivity index (χ0n) is 11.5. The zero-order chi connectivity index (χ0) is 12.7. The van der Waals surface area contributed by atoms with Crippen molar-refractivity contribution in [2.75, 3.05) is 26.8 Å². The van der Waals surface area contributed by atoms with E-state index < -0.39 is 0 Å². The fourth-order valence-corrected chi connectivity index (χ4v) is 2.92. The largest absolute Gasteiger partial charge is 0.383 e. The van der Waals surface area contributed by atoms with Crippen molar-refractivity contribution in [1.82, 2.24) is 4.90 Å². The van der Waals surface area contributed by atoms with Gasteiger partial charge in [-0.15, -0.1) is 0 Å². The van der Waals surface area contributed by atoms with E-state index in [1.807, 2.05) is 0 Å². The predicted octanol–water partition coefficient (Wildman–Crippen LogP) is 2.67. The zero-order valence-corrected chi connectivity index (χ0v) is 11.5. The van der Waals surface area contributed by atoms with Gasteiger partial charge >= 0.3 is 0 Å². The van der Waals surface area contributed by atoms with Crippen LogP contribution in [-0.4, -0.2) is 37.7 Å². The molecule has 0 N–H and O–H groups in total. The van der Waals surface area contributed by atoms with Crippen LogP contribution in [0, 0.1) is 23.2 Å². The van der Waals surface area contributed by atoms with Crippen molar-refractivity contribution < 1.29 is 4.74 Å². The second kappa shape index (κ2) is 7.68. The third-order valence-electron chi connectivity index (χ3n) is 4.13. The fraction of sp³-hybridized carbons (Fsp3) is 0.929. The van der Waals surface area contributed by atoms with E-state index in [-0.39, 0.29) is 5.92 Å². The third kappa shape index (κ3) is 3.97. The first-order valence-electron chi connectivity index (χ1n) is 6.89. The molecule has 0 aliphatic heterocycles. The molecule has 1 aliphatic carbocycles. The van der Waals surface area contributed by atoms with Gasteiger partial charge in [0.2, 0.25) is 0 Å². The number of ether oxygens (including phenoxy) is 1. The number of likely N-dealkylation sites (N-methyl/N-ethyl adjacent to an activating group) is 1. The minimum Gasteiger partial charge on any atom is -0.383 e. The molecule has 1 saturated carbocycles. The van der Waals surface area contributed by atoms with Crippen LogP contribution < -0.4 is 0 Å². The lowest BCUT2D eigenvalue weighted by atomic mass is 9.77. The smallest absolute Gasteiger partial charge is 0.0672 e. The van der Waals surface area contributed by atoms with Crippen LogP contribution in [0.15, 0.2) is 0 Å². The van der Waals surface area contributed by atoms with Gasteiger partial charge < -0.3 is 4.74 Å². The van der Waals surface area contributed by atoms with Crippen LogP contribution in [-0.2, 0) is 4.74 Å². The molecule has 0 saturated heterocycles. The summed E-state index contributed by atoms with van der Waals surface area (Å²) in [5.41, 5.74) is 0. The molecule has 1 rings (SSSR count). The highest BCUT2D eigenvalue weighted by Crippen LogP contribution is 2.33. The summed E-state index contributed by atoms with van der Waals surface area (Å²) in [4.78, 5) is 2.43. The summed E-state index contributed by atoms with van der Waals surface area (Å²) in [5, 5.41) is 9.28. The molecular weight excluding hydrogens is 212 g/mol. The van der Waals surface area contributed by atoms with Crippen LogP contribution in [0.25, 0.3) is 0 Å². The van der Waals surface area contributed by atoms with Gasteiger partial charge in [-0.25, -0.2) is 0 Å². The van der Waals surface area contributed by atoms with Gasteiger partial charge in [0.05, 0.1) is 18.6 Å². The lowest BCUT2D eigenvalue weighted by molar-refractivity contribution is 0.0735. The minimum absolute atomic E-state index is 0.217. The van der Waals surface area contributed by atoms with E-state index in [1.165, 1.54) is 19.3 Å². The Labute approximate surface area is 106 Å². The van der Waals surface area contributed by atoms with Crippen LogP contribution in [0.1, 0.15) is 39.5 Å². The van der Waals surface area contributed by atoms with Gasteiger partial charge in [-0.3, -0.25) is 4.90 Å². The number of nitriles is 1. The van der Waals surface area contributed by atoms with E-state index >= 15 is 0 Å². The van der Waals surface area contributed by atoms with Gasteiger partial charge in [-0.2, -0.15) is 5.26 Å². The summed E-state index contributed by atoms with van der Waals surface area (Å²) < 4.78 is 5.16. The normalized spacial score (nSPS) is 29.2. The number of hydrogen-bond donors (Lipinski definition) is 0. The Bertz CT molecular complexity index is 249. The summed E-state index contributed by atoms with van der Waals surface area (Å²) in [5.74, 6) is 1.02. The molecule has 1 fully saturated rings. The predicted molar refractivity (Wildman–Crippen MR) is 69.6 cm³/mol. The highest BCUT2D eigenvalue weighted by Gasteiger charge is 2.33. The Morgan fingerprint density at radius 1 is 1.35 bits per heavy atom. The molecule has 0 spiro atoms. The summed E-state index contributed by atoms with van der Waals surface area (Å²) in [6.45, 7) is 7.17. The molecule has 0 aromatic carbocycles. The molecule has 98 valence electrons. The van der Waals surface area contributed by atoms with Gasteiger partial charge in [0.15, 0.2) is 0 Å². The Hall–Kier alpha value is -0.590. The van der Waals surface area contributed by atoms with E-state index in [9.17, 15) is 5.26 Å². The molecule has 3 nitrogen and oxygen atoms in total. The number of nitrogens with zero attached hydrogens (tertiary/aromatic N) is 2. The van der Waals surface area contributed by atoms with Crippen LogP contribution in [0.4, 0.5) is 0 Å². The lowest BCUT2D eigenvalue weighted by Gasteiger charge is -2.39. The van der Waals surface area contributed by atoms with E-state index in [2.05, 4.69) is 24.8 Å². The highest BCUT2D eigenvalue weighted by molar-refractivity contribution is 4.97. The van der Waals surface area contributed by atoms with E-state index in [4.69, 9.17) is 4.74 Å². The summed E-state index contributed by atoms with van der Waals surface area (Å²) >= 11 is 0. The first-order chi connectivity index (χ1) is 8.26. The van der Waals surface area contributed by atoms with E-state index in [0.717, 1.165) is 32.0 Å². The Kier molecular flexibility index (Phi) is 6.54. The van der Waals surface area contributed by atoms with Crippen molar-refractivity contribution in [3.05, 3.63) is 0 Å². The maximum Gasteiger partial charge on any atom is 0.0672 e. The van der Waals surface area contributed by atoms with Crippen LogP contribution in [0.3, 0.4) is 0 Å². The lowest BCUT2D eigenvalue weighted by Crippen LogP contribution is -2.45. The molecule has 0 amide bonds. The molecule has 3 heteroatoms. The van der Waals surface area contributed by atoms with E-state index in [0.29, 0.717) is 6.04 Å². The van der Waals surface area contributed by atoms with Crippen molar-refractivity contribution in [1.29, 1.82) is 5.26 Å². The first-order valence-corrected chi connectivity index (χ1v) is 6.89. The molecule has 0 aromatic heterocycles. The molecular formula is C14H26N2O. The van der Waals surface area contributed by atoms with Crippen LogP contribution in [0.5, 0.6) is 0 Å². The minimum atomic E-state index is 0.217. The molecule has 17 heavy (non-hydrogen) atoms. The van der Waals surface area contributed by atoms with Gasteiger partial charge in [0, 0.05) is 19.7 Å².